The van der Waals surface area contributed by atoms with Crippen LogP contribution >= 0.6 is 11.6 Å². The van der Waals surface area contributed by atoms with Crippen molar-refractivity contribution in [3.05, 3.63) is 34.6 Å². The Hall–Kier alpha value is -1.17. The van der Waals surface area contributed by atoms with Crippen LogP contribution in [0.5, 0.6) is 0 Å². The summed E-state index contributed by atoms with van der Waals surface area (Å²) in [6, 6.07) is 3.69. The first-order chi connectivity index (χ1) is 8.41. The van der Waals surface area contributed by atoms with Crippen LogP contribution in [0.3, 0.4) is 0 Å². The summed E-state index contributed by atoms with van der Waals surface area (Å²) in [6.45, 7) is 1.66. The predicted octanol–water partition coefficient (Wildman–Crippen LogP) is 0.846. The van der Waals surface area contributed by atoms with Gasteiger partial charge in [0, 0.05) is 23.2 Å². The van der Waals surface area contributed by atoms with Crippen LogP contribution in [-0.2, 0) is 11.2 Å². The molecule has 0 aliphatic rings. The smallest absolute Gasteiger partial charge is 0.224 e. The summed E-state index contributed by atoms with van der Waals surface area (Å²) in [6.07, 6.45) is -0.875. The monoisotopic (exact) mass is 274 g/mol. The normalized spacial score (nSPS) is 14.1. The van der Waals surface area contributed by atoms with Gasteiger partial charge < -0.3 is 16.2 Å². The number of aliphatic hydroxyl groups is 1. The van der Waals surface area contributed by atoms with Crippen LogP contribution in [0.1, 0.15) is 12.5 Å². The molecule has 1 aromatic rings. The number of aliphatic hydroxyl groups excluding tert-OH is 1. The fourth-order valence-electron chi connectivity index (χ4n) is 1.33. The molecule has 6 heteroatoms. The molecule has 2 unspecified atom stereocenters. The van der Waals surface area contributed by atoms with Gasteiger partial charge in [0.15, 0.2) is 0 Å². The second kappa shape index (κ2) is 6.68. The number of rotatable bonds is 5. The molecular formula is C12H16ClFN2O2. The van der Waals surface area contributed by atoms with E-state index in [1.807, 2.05) is 0 Å². The van der Waals surface area contributed by atoms with Crippen molar-refractivity contribution in [2.45, 2.75) is 25.5 Å². The van der Waals surface area contributed by atoms with Crippen molar-refractivity contribution < 1.29 is 14.3 Å². The van der Waals surface area contributed by atoms with Crippen molar-refractivity contribution in [3.63, 3.8) is 0 Å². The number of amides is 1. The Bertz CT molecular complexity index is 406. The van der Waals surface area contributed by atoms with Crippen LogP contribution in [0, 0.1) is 5.82 Å². The van der Waals surface area contributed by atoms with Gasteiger partial charge in [-0.2, -0.15) is 0 Å². The molecule has 0 aromatic heterocycles. The third-order valence-electron chi connectivity index (χ3n) is 2.55. The van der Waals surface area contributed by atoms with E-state index in [2.05, 4.69) is 5.32 Å². The molecule has 4 N–H and O–H groups in total. The van der Waals surface area contributed by atoms with Gasteiger partial charge in [0.25, 0.3) is 0 Å². The van der Waals surface area contributed by atoms with Crippen molar-refractivity contribution >= 4 is 17.5 Å². The van der Waals surface area contributed by atoms with Gasteiger partial charge in [-0.15, -0.1) is 0 Å². The second-order valence-electron chi connectivity index (χ2n) is 4.09. The summed E-state index contributed by atoms with van der Waals surface area (Å²) >= 11 is 5.80. The van der Waals surface area contributed by atoms with Gasteiger partial charge >= 0.3 is 0 Å². The number of hydrogen-bond donors (Lipinski definition) is 3. The Morgan fingerprint density at radius 2 is 2.28 bits per heavy atom. The maximum Gasteiger partial charge on any atom is 0.224 e. The first kappa shape index (κ1) is 14.9. The van der Waals surface area contributed by atoms with Crippen LogP contribution in [0.15, 0.2) is 18.2 Å². The molecule has 0 saturated heterocycles. The standard InChI is InChI=1S/C12H16ClFN2O2/c1-7(17)11(15)6-16-12(18)5-8-9(13)3-2-4-10(8)14/h2-4,7,11,17H,5-6,15H2,1H3,(H,16,18). The fraction of sp³-hybridized carbons (Fsp3) is 0.417. The van der Waals surface area contributed by atoms with E-state index in [0.29, 0.717) is 0 Å². The Morgan fingerprint density at radius 3 is 2.83 bits per heavy atom. The van der Waals surface area contributed by atoms with E-state index in [9.17, 15) is 9.18 Å². The van der Waals surface area contributed by atoms with Gasteiger partial charge in [-0.05, 0) is 19.1 Å². The SMILES string of the molecule is CC(O)C(N)CNC(=O)Cc1c(F)cccc1Cl. The molecule has 2 atom stereocenters. The van der Waals surface area contributed by atoms with Gasteiger partial charge in [-0.25, -0.2) is 4.39 Å². The third kappa shape index (κ3) is 4.25. The molecule has 18 heavy (non-hydrogen) atoms. The van der Waals surface area contributed by atoms with Gasteiger partial charge in [0.2, 0.25) is 5.91 Å². The fourth-order valence-corrected chi connectivity index (χ4v) is 1.56. The van der Waals surface area contributed by atoms with Gasteiger partial charge in [-0.3, -0.25) is 4.79 Å². The summed E-state index contributed by atoms with van der Waals surface area (Å²) in [5.41, 5.74) is 5.71. The highest BCUT2D eigenvalue weighted by atomic mass is 35.5. The van der Waals surface area contributed by atoms with Crippen LogP contribution in [0.2, 0.25) is 5.02 Å². The Morgan fingerprint density at radius 1 is 1.61 bits per heavy atom. The van der Waals surface area contributed by atoms with E-state index in [1.54, 1.807) is 0 Å². The zero-order valence-electron chi connectivity index (χ0n) is 9.99. The zero-order valence-corrected chi connectivity index (χ0v) is 10.7. The highest BCUT2D eigenvalue weighted by Crippen LogP contribution is 2.19. The lowest BCUT2D eigenvalue weighted by molar-refractivity contribution is -0.120. The lowest BCUT2D eigenvalue weighted by Crippen LogP contribution is -2.44. The van der Waals surface area contributed by atoms with Crippen molar-refractivity contribution in [3.8, 4) is 0 Å². The minimum absolute atomic E-state index is 0.128. The number of benzene rings is 1. The van der Waals surface area contributed by atoms with Crippen molar-refractivity contribution in [2.75, 3.05) is 6.54 Å². The predicted molar refractivity (Wildman–Crippen MR) is 67.8 cm³/mol. The molecular weight excluding hydrogens is 259 g/mol. The van der Waals surface area contributed by atoms with Crippen LogP contribution < -0.4 is 11.1 Å². The Kier molecular flexibility index (Phi) is 5.53. The highest BCUT2D eigenvalue weighted by molar-refractivity contribution is 6.31. The van der Waals surface area contributed by atoms with Crippen molar-refractivity contribution in [1.82, 2.24) is 5.32 Å². The number of nitrogens with two attached hydrogens (primary N) is 1. The van der Waals surface area contributed by atoms with Gasteiger partial charge in [0.05, 0.1) is 12.5 Å². The largest absolute Gasteiger partial charge is 0.392 e. The second-order valence-corrected chi connectivity index (χ2v) is 4.49. The topological polar surface area (TPSA) is 75.3 Å². The number of hydrogen-bond acceptors (Lipinski definition) is 3. The first-order valence-corrected chi connectivity index (χ1v) is 5.93. The van der Waals surface area contributed by atoms with Gasteiger partial charge in [0.1, 0.15) is 5.82 Å². The third-order valence-corrected chi connectivity index (χ3v) is 2.91. The lowest BCUT2D eigenvalue weighted by Gasteiger charge is -2.15. The average molecular weight is 275 g/mol. The Balaban J connectivity index is 2.55. The van der Waals surface area contributed by atoms with Crippen molar-refractivity contribution in [1.29, 1.82) is 0 Å². The average Bonchev–Trinajstić information content (AvgIpc) is 2.30. The Labute approximate surface area is 110 Å². The molecule has 4 nitrogen and oxygen atoms in total. The molecule has 0 bridgehead atoms. The molecule has 0 aliphatic carbocycles. The highest BCUT2D eigenvalue weighted by Gasteiger charge is 2.14. The van der Waals surface area contributed by atoms with E-state index in [-0.39, 0.29) is 23.6 Å². The number of carbonyl (C=O) groups excluding carboxylic acids is 1. The van der Waals surface area contributed by atoms with Crippen molar-refractivity contribution in [2.24, 2.45) is 5.73 Å². The number of nitrogens with one attached hydrogen (secondary N) is 1. The molecule has 0 spiro atoms. The molecule has 1 aromatic carbocycles. The molecule has 100 valence electrons. The maximum absolute atomic E-state index is 13.4. The zero-order chi connectivity index (χ0) is 13.7. The molecule has 0 aliphatic heterocycles. The maximum atomic E-state index is 13.4. The molecule has 1 rings (SSSR count). The summed E-state index contributed by atoms with van der Waals surface area (Å²) in [4.78, 5) is 11.6. The number of carbonyl (C=O) groups is 1. The van der Waals surface area contributed by atoms with E-state index in [4.69, 9.17) is 22.4 Å². The quantitative estimate of drug-likeness (QED) is 0.745. The lowest BCUT2D eigenvalue weighted by atomic mass is 10.1. The minimum Gasteiger partial charge on any atom is -0.392 e. The van der Waals surface area contributed by atoms with Gasteiger partial charge in [-0.1, -0.05) is 17.7 Å². The van der Waals surface area contributed by atoms with Crippen LogP contribution in [0.25, 0.3) is 0 Å². The number of halogens is 2. The summed E-state index contributed by atoms with van der Waals surface area (Å²) in [5, 5.41) is 11.9. The summed E-state index contributed by atoms with van der Waals surface area (Å²) in [5.74, 6) is -0.907. The molecule has 0 heterocycles. The van der Waals surface area contributed by atoms with E-state index < -0.39 is 23.9 Å². The minimum atomic E-state index is -0.720. The van der Waals surface area contributed by atoms with E-state index in [1.165, 1.54) is 25.1 Å². The molecule has 0 saturated carbocycles. The first-order valence-electron chi connectivity index (χ1n) is 5.55. The van der Waals surface area contributed by atoms with Crippen LogP contribution in [0.4, 0.5) is 4.39 Å². The van der Waals surface area contributed by atoms with Crippen LogP contribution in [-0.4, -0.2) is 29.7 Å². The van der Waals surface area contributed by atoms with E-state index >= 15 is 0 Å². The molecule has 0 radical (unpaired) electrons. The molecule has 1 amide bonds. The summed E-state index contributed by atoms with van der Waals surface area (Å²) < 4.78 is 13.4. The van der Waals surface area contributed by atoms with E-state index in [0.717, 1.165) is 0 Å². The summed E-state index contributed by atoms with van der Waals surface area (Å²) in [7, 11) is 0. The molecule has 0 fully saturated rings.